The lowest BCUT2D eigenvalue weighted by atomic mass is 10.0. The number of ether oxygens (including phenoxy) is 1. The van der Waals surface area contributed by atoms with Gasteiger partial charge in [0.15, 0.2) is 0 Å². The van der Waals surface area contributed by atoms with Gasteiger partial charge in [0.2, 0.25) is 0 Å². The zero-order valence-electron chi connectivity index (χ0n) is 16.1. The van der Waals surface area contributed by atoms with Gasteiger partial charge in [-0.05, 0) is 25.0 Å². The number of halogens is 1. The van der Waals surface area contributed by atoms with Gasteiger partial charge in [-0.25, -0.2) is 4.79 Å². The molecule has 0 aliphatic carbocycles. The van der Waals surface area contributed by atoms with Gasteiger partial charge in [-0.2, -0.15) is 0 Å². The van der Waals surface area contributed by atoms with Crippen LogP contribution in [0.4, 0.5) is 0 Å². The van der Waals surface area contributed by atoms with Crippen molar-refractivity contribution < 1.29 is 9.53 Å². The third-order valence-electron chi connectivity index (χ3n) is 4.78. The molecule has 0 N–H and O–H groups in total. The maximum absolute atomic E-state index is 11.6. The monoisotopic (exact) mass is 369 g/mol. The van der Waals surface area contributed by atoms with E-state index in [0.717, 1.165) is 19.4 Å². The van der Waals surface area contributed by atoms with E-state index in [0.29, 0.717) is 5.69 Å². The molecule has 4 heteroatoms. The van der Waals surface area contributed by atoms with Crippen LogP contribution in [0.3, 0.4) is 0 Å². The molecule has 0 radical (unpaired) electrons. The number of hydrogen-bond acceptors (Lipinski definition) is 2. The van der Waals surface area contributed by atoms with Crippen LogP contribution in [0.25, 0.3) is 0 Å². The molecule has 0 saturated heterocycles. The topological polar surface area (TPSA) is 31.2 Å². The van der Waals surface area contributed by atoms with Gasteiger partial charge in [-0.15, -0.1) is 11.6 Å². The molecule has 144 valence electrons. The van der Waals surface area contributed by atoms with Crippen molar-refractivity contribution in [2.45, 2.75) is 95.9 Å². The molecule has 1 atom stereocenters. The highest BCUT2D eigenvalue weighted by molar-refractivity contribution is 6.20. The Morgan fingerprint density at radius 2 is 1.64 bits per heavy atom. The summed E-state index contributed by atoms with van der Waals surface area (Å²) in [5.41, 5.74) is 0.602. The van der Waals surface area contributed by atoms with E-state index in [9.17, 15) is 4.79 Å². The molecule has 3 nitrogen and oxygen atoms in total. The summed E-state index contributed by atoms with van der Waals surface area (Å²) in [5.74, 6) is -0.286. The molecule has 1 unspecified atom stereocenters. The average molecular weight is 370 g/mol. The molecule has 1 rings (SSSR count). The molecule has 0 bridgehead atoms. The molecule has 1 heterocycles. The number of nitrogens with zero attached hydrogens (tertiary/aromatic N) is 1. The Morgan fingerprint density at radius 3 is 2.24 bits per heavy atom. The lowest BCUT2D eigenvalue weighted by Gasteiger charge is -2.12. The van der Waals surface area contributed by atoms with Crippen LogP contribution in [0, 0.1) is 0 Å². The molecular formula is C21H36ClNO2. The number of aryl methyl sites for hydroxylation is 1. The first-order valence-electron chi connectivity index (χ1n) is 10.1. The minimum atomic E-state index is -0.286. The van der Waals surface area contributed by atoms with Crippen LogP contribution in [0.2, 0.25) is 0 Å². The Bertz CT molecular complexity index is 459. The predicted octanol–water partition coefficient (Wildman–Crippen LogP) is 6.58. The molecule has 25 heavy (non-hydrogen) atoms. The first-order valence-corrected chi connectivity index (χ1v) is 10.5. The molecule has 1 aromatic rings. The Labute approximate surface area is 159 Å². The van der Waals surface area contributed by atoms with Crippen LogP contribution < -0.4 is 0 Å². The molecule has 0 saturated carbocycles. The minimum Gasteiger partial charge on any atom is -0.464 e. The minimum absolute atomic E-state index is 0.182. The summed E-state index contributed by atoms with van der Waals surface area (Å²) in [6.45, 7) is 3.03. The zero-order valence-corrected chi connectivity index (χ0v) is 16.9. The van der Waals surface area contributed by atoms with Crippen LogP contribution in [0.1, 0.15) is 94.5 Å². The molecule has 1 aromatic heterocycles. The molecule has 0 aromatic carbocycles. The summed E-state index contributed by atoms with van der Waals surface area (Å²) in [5, 5.41) is 0.182. The molecule has 0 aliphatic heterocycles. The van der Waals surface area contributed by atoms with E-state index in [-0.39, 0.29) is 11.3 Å². The fraction of sp³-hybridized carbons (Fsp3) is 0.762. The lowest BCUT2D eigenvalue weighted by Crippen LogP contribution is -2.12. The van der Waals surface area contributed by atoms with Gasteiger partial charge < -0.3 is 9.30 Å². The van der Waals surface area contributed by atoms with Gasteiger partial charge in [-0.1, -0.05) is 71.1 Å². The summed E-state index contributed by atoms with van der Waals surface area (Å²) in [7, 11) is 1.41. The zero-order chi connectivity index (χ0) is 18.3. The summed E-state index contributed by atoms with van der Waals surface area (Å²) in [4.78, 5) is 11.6. The van der Waals surface area contributed by atoms with Crippen LogP contribution >= 0.6 is 11.6 Å². The smallest absolute Gasteiger partial charge is 0.354 e. The largest absolute Gasteiger partial charge is 0.464 e. The number of methoxy groups -OCH3 is 1. The van der Waals surface area contributed by atoms with Crippen LogP contribution in [-0.4, -0.2) is 23.0 Å². The number of hydrogen-bond donors (Lipinski definition) is 0. The maximum Gasteiger partial charge on any atom is 0.354 e. The molecule has 0 fully saturated rings. The fourth-order valence-electron chi connectivity index (χ4n) is 3.18. The third kappa shape index (κ3) is 9.94. The highest BCUT2D eigenvalue weighted by atomic mass is 35.5. The quantitative estimate of drug-likeness (QED) is 0.198. The average Bonchev–Trinajstić information content (AvgIpc) is 3.09. The molecule has 0 amide bonds. The van der Waals surface area contributed by atoms with Crippen molar-refractivity contribution in [2.75, 3.05) is 7.11 Å². The van der Waals surface area contributed by atoms with E-state index in [1.807, 2.05) is 16.8 Å². The predicted molar refractivity (Wildman–Crippen MR) is 106 cm³/mol. The van der Waals surface area contributed by atoms with Crippen molar-refractivity contribution in [3.63, 3.8) is 0 Å². The van der Waals surface area contributed by atoms with E-state index in [2.05, 4.69) is 6.92 Å². The van der Waals surface area contributed by atoms with Gasteiger partial charge in [0.1, 0.15) is 5.69 Å². The first kappa shape index (κ1) is 22.1. The lowest BCUT2D eigenvalue weighted by molar-refractivity contribution is 0.0588. The van der Waals surface area contributed by atoms with Crippen molar-refractivity contribution in [3.8, 4) is 0 Å². The van der Waals surface area contributed by atoms with Crippen LogP contribution in [0.15, 0.2) is 18.3 Å². The number of esters is 1. The second kappa shape index (κ2) is 14.2. The van der Waals surface area contributed by atoms with E-state index in [1.54, 1.807) is 6.07 Å². The van der Waals surface area contributed by atoms with Gasteiger partial charge >= 0.3 is 5.97 Å². The molecule has 0 aliphatic rings. The van der Waals surface area contributed by atoms with Crippen molar-refractivity contribution >= 4 is 17.6 Å². The Hall–Kier alpha value is -0.960. The van der Waals surface area contributed by atoms with Crippen molar-refractivity contribution in [1.29, 1.82) is 0 Å². The summed E-state index contributed by atoms with van der Waals surface area (Å²) < 4.78 is 6.72. The number of carbonyl (C=O) groups is 1. The number of alkyl halides is 1. The highest BCUT2D eigenvalue weighted by Crippen LogP contribution is 2.17. The third-order valence-corrected chi connectivity index (χ3v) is 5.21. The van der Waals surface area contributed by atoms with Gasteiger partial charge in [0.05, 0.1) is 7.11 Å². The van der Waals surface area contributed by atoms with E-state index in [1.165, 1.54) is 71.3 Å². The van der Waals surface area contributed by atoms with E-state index in [4.69, 9.17) is 16.3 Å². The van der Waals surface area contributed by atoms with Gasteiger partial charge in [0, 0.05) is 18.1 Å². The molecular weight excluding hydrogens is 334 g/mol. The van der Waals surface area contributed by atoms with E-state index < -0.39 is 0 Å². The highest BCUT2D eigenvalue weighted by Gasteiger charge is 2.12. The standard InChI is InChI=1S/C21H36ClNO2/c1-3-4-5-6-7-8-9-10-11-12-14-19(22)16-18-23-17-13-15-20(23)21(24)25-2/h13,15,17,19H,3-12,14,16,18H2,1-2H3. The summed E-state index contributed by atoms with van der Waals surface area (Å²) >= 11 is 6.45. The first-order chi connectivity index (χ1) is 12.2. The number of unbranched alkanes of at least 4 members (excludes halogenated alkanes) is 9. The van der Waals surface area contributed by atoms with Crippen molar-refractivity contribution in [1.82, 2.24) is 4.57 Å². The van der Waals surface area contributed by atoms with E-state index >= 15 is 0 Å². The maximum atomic E-state index is 11.6. The summed E-state index contributed by atoms with van der Waals surface area (Å²) in [6, 6.07) is 3.66. The molecule has 0 spiro atoms. The Kier molecular flexibility index (Phi) is 12.6. The van der Waals surface area contributed by atoms with Gasteiger partial charge in [0.25, 0.3) is 0 Å². The number of carbonyl (C=O) groups excluding carboxylic acids is 1. The second-order valence-corrected chi connectivity index (χ2v) is 7.55. The normalized spacial score (nSPS) is 12.3. The SMILES string of the molecule is CCCCCCCCCCCCC(Cl)CCn1cccc1C(=O)OC. The van der Waals surface area contributed by atoms with Crippen LogP contribution in [0.5, 0.6) is 0 Å². The van der Waals surface area contributed by atoms with Crippen LogP contribution in [-0.2, 0) is 11.3 Å². The van der Waals surface area contributed by atoms with Crippen molar-refractivity contribution in [3.05, 3.63) is 24.0 Å². The summed E-state index contributed by atoms with van der Waals surface area (Å²) in [6.07, 6.45) is 17.4. The van der Waals surface area contributed by atoms with Gasteiger partial charge in [-0.3, -0.25) is 0 Å². The Balaban J connectivity index is 2.02. The van der Waals surface area contributed by atoms with Crippen molar-refractivity contribution in [2.24, 2.45) is 0 Å². The second-order valence-electron chi connectivity index (χ2n) is 6.94. The number of aromatic nitrogens is 1. The number of rotatable bonds is 15. The Morgan fingerprint density at radius 1 is 1.04 bits per heavy atom. The fourth-order valence-corrected chi connectivity index (χ4v) is 3.43.